The molecule has 4 nitrogen and oxygen atoms in total. The minimum Gasteiger partial charge on any atom is -0.456 e. The van der Waals surface area contributed by atoms with E-state index in [1.54, 1.807) is 0 Å². The molecule has 0 saturated heterocycles. The Labute approximate surface area is 312 Å². The van der Waals surface area contributed by atoms with Gasteiger partial charge in [-0.25, -0.2) is 0 Å². The highest BCUT2D eigenvalue weighted by atomic mass is 16.3. The molecule has 256 valence electrons. The number of aromatic nitrogens is 2. The average Bonchev–Trinajstić information content (AvgIpc) is 3.89. The van der Waals surface area contributed by atoms with E-state index in [0.29, 0.717) is 0 Å². The molecule has 0 fully saturated rings. The van der Waals surface area contributed by atoms with Crippen LogP contribution in [0.2, 0.25) is 0 Å². The zero-order chi connectivity index (χ0) is 35.8. The van der Waals surface area contributed by atoms with Crippen LogP contribution in [0.25, 0.3) is 82.4 Å². The molecule has 4 heteroatoms. The molecule has 54 heavy (non-hydrogen) atoms. The third-order valence-electron chi connectivity index (χ3n) is 11.1. The van der Waals surface area contributed by atoms with E-state index in [2.05, 4.69) is 191 Å². The molecule has 0 spiro atoms. The zero-order valence-corrected chi connectivity index (χ0v) is 29.8. The van der Waals surface area contributed by atoms with E-state index in [0.717, 1.165) is 56.7 Å². The maximum absolute atomic E-state index is 6.45. The first-order chi connectivity index (χ1) is 26.7. The van der Waals surface area contributed by atoms with Crippen molar-refractivity contribution in [3.05, 3.63) is 182 Å². The predicted octanol–water partition coefficient (Wildman–Crippen LogP) is 13.9. The fourth-order valence-electron chi connectivity index (χ4n) is 8.70. The molecule has 0 aliphatic rings. The van der Waals surface area contributed by atoms with Gasteiger partial charge in [-0.05, 0) is 90.8 Å². The van der Waals surface area contributed by atoms with Gasteiger partial charge in [-0.15, -0.1) is 0 Å². The van der Waals surface area contributed by atoms with E-state index in [-0.39, 0.29) is 0 Å². The number of anilines is 3. The number of para-hydroxylation sites is 4. The summed E-state index contributed by atoms with van der Waals surface area (Å²) in [4.78, 5) is 2.39. The van der Waals surface area contributed by atoms with Gasteiger partial charge in [0.15, 0.2) is 0 Å². The van der Waals surface area contributed by atoms with Gasteiger partial charge in [-0.2, -0.15) is 0 Å². The standard InChI is InChI=1S/C50H35N3O/c1-2-51-43-18-9-6-15-38(43)39-29-25-34(31-47(39)51)33-23-26-36(27-24-33)52(37-28-30-41-40-16-8-11-22-48(40)54-49(41)32-37)45-20-12-21-46-50(45)42-17-7-10-19-44(42)53(46)35-13-4-3-5-14-35/h3-32H,2H2,1H3. The van der Waals surface area contributed by atoms with Crippen LogP contribution >= 0.6 is 0 Å². The molecule has 11 aromatic rings. The van der Waals surface area contributed by atoms with Gasteiger partial charge in [-0.1, -0.05) is 103 Å². The van der Waals surface area contributed by atoms with Crippen LogP contribution in [-0.4, -0.2) is 9.13 Å². The smallest absolute Gasteiger partial charge is 0.137 e. The predicted molar refractivity (Wildman–Crippen MR) is 227 cm³/mol. The number of furan rings is 1. The second kappa shape index (κ2) is 12.0. The normalized spacial score (nSPS) is 11.9. The van der Waals surface area contributed by atoms with E-state index in [1.165, 1.54) is 49.2 Å². The summed E-state index contributed by atoms with van der Waals surface area (Å²) in [6.07, 6.45) is 0. The van der Waals surface area contributed by atoms with Crippen LogP contribution in [-0.2, 0) is 6.54 Å². The van der Waals surface area contributed by atoms with Gasteiger partial charge in [0.05, 0.1) is 16.7 Å². The van der Waals surface area contributed by atoms with Crippen molar-refractivity contribution < 1.29 is 4.42 Å². The van der Waals surface area contributed by atoms with E-state index < -0.39 is 0 Å². The highest BCUT2D eigenvalue weighted by Gasteiger charge is 2.22. The van der Waals surface area contributed by atoms with Crippen molar-refractivity contribution >= 4 is 82.6 Å². The Balaban J connectivity index is 1.12. The molecule has 0 atom stereocenters. The monoisotopic (exact) mass is 693 g/mol. The summed E-state index contributed by atoms with van der Waals surface area (Å²) < 4.78 is 11.3. The van der Waals surface area contributed by atoms with Gasteiger partial charge in [-0.3, -0.25) is 0 Å². The Kier molecular flexibility index (Phi) is 6.80. The van der Waals surface area contributed by atoms with Crippen LogP contribution < -0.4 is 4.90 Å². The first-order valence-corrected chi connectivity index (χ1v) is 18.7. The van der Waals surface area contributed by atoms with Crippen LogP contribution in [0.1, 0.15) is 6.92 Å². The molecule has 0 aliphatic heterocycles. The van der Waals surface area contributed by atoms with E-state index >= 15 is 0 Å². The quantitative estimate of drug-likeness (QED) is 0.173. The first-order valence-electron chi connectivity index (χ1n) is 18.7. The summed E-state index contributed by atoms with van der Waals surface area (Å²) in [6.45, 7) is 3.14. The summed E-state index contributed by atoms with van der Waals surface area (Å²) in [5.41, 5.74) is 13.4. The Bertz CT molecular complexity index is 3200. The molecule has 0 aliphatic carbocycles. The topological polar surface area (TPSA) is 26.2 Å². The van der Waals surface area contributed by atoms with Crippen molar-refractivity contribution in [3.8, 4) is 16.8 Å². The van der Waals surface area contributed by atoms with Crippen molar-refractivity contribution in [2.24, 2.45) is 0 Å². The third-order valence-corrected chi connectivity index (χ3v) is 11.1. The second-order valence-corrected chi connectivity index (χ2v) is 14.0. The highest BCUT2D eigenvalue weighted by Crippen LogP contribution is 2.45. The number of fused-ring (bicyclic) bond motifs is 9. The number of nitrogens with zero attached hydrogens (tertiary/aromatic N) is 3. The summed E-state index contributed by atoms with van der Waals surface area (Å²) in [7, 11) is 0. The molecule has 0 saturated carbocycles. The highest BCUT2D eigenvalue weighted by molar-refractivity contribution is 6.17. The summed E-state index contributed by atoms with van der Waals surface area (Å²) in [5, 5.41) is 7.24. The largest absolute Gasteiger partial charge is 0.456 e. The van der Waals surface area contributed by atoms with Crippen LogP contribution in [0.4, 0.5) is 17.1 Å². The Morgan fingerprint density at radius 3 is 1.91 bits per heavy atom. The molecule has 0 bridgehead atoms. The van der Waals surface area contributed by atoms with E-state index in [1.807, 2.05) is 12.1 Å². The van der Waals surface area contributed by atoms with Gasteiger partial charge >= 0.3 is 0 Å². The fraction of sp³-hybridized carbons (Fsp3) is 0.0400. The molecular weight excluding hydrogens is 659 g/mol. The lowest BCUT2D eigenvalue weighted by atomic mass is 10.0. The van der Waals surface area contributed by atoms with E-state index in [4.69, 9.17) is 4.42 Å². The van der Waals surface area contributed by atoms with Crippen molar-refractivity contribution in [1.29, 1.82) is 0 Å². The molecule has 8 aromatic carbocycles. The van der Waals surface area contributed by atoms with Gasteiger partial charge in [0.1, 0.15) is 11.2 Å². The first kappa shape index (κ1) is 30.6. The molecule has 3 aromatic heterocycles. The van der Waals surface area contributed by atoms with Crippen LogP contribution in [0.3, 0.4) is 0 Å². The molecule has 0 unspecified atom stereocenters. The van der Waals surface area contributed by atoms with Gasteiger partial charge < -0.3 is 18.5 Å². The lowest BCUT2D eigenvalue weighted by Crippen LogP contribution is -2.10. The summed E-state index contributed by atoms with van der Waals surface area (Å²) >= 11 is 0. The van der Waals surface area contributed by atoms with Crippen LogP contribution in [0.5, 0.6) is 0 Å². The maximum Gasteiger partial charge on any atom is 0.137 e. The van der Waals surface area contributed by atoms with Crippen molar-refractivity contribution in [3.63, 3.8) is 0 Å². The number of hydrogen-bond donors (Lipinski definition) is 0. The number of aryl methyl sites for hydroxylation is 1. The van der Waals surface area contributed by atoms with E-state index in [9.17, 15) is 0 Å². The van der Waals surface area contributed by atoms with Crippen LogP contribution in [0, 0.1) is 0 Å². The lowest BCUT2D eigenvalue weighted by molar-refractivity contribution is 0.669. The minimum absolute atomic E-state index is 0.869. The van der Waals surface area contributed by atoms with Crippen molar-refractivity contribution in [2.75, 3.05) is 4.90 Å². The maximum atomic E-state index is 6.45. The average molecular weight is 694 g/mol. The lowest BCUT2D eigenvalue weighted by Gasteiger charge is -2.27. The number of hydrogen-bond acceptors (Lipinski definition) is 2. The fourth-order valence-corrected chi connectivity index (χ4v) is 8.70. The molecule has 11 rings (SSSR count). The number of benzene rings is 8. The number of rotatable bonds is 6. The van der Waals surface area contributed by atoms with Crippen molar-refractivity contribution in [1.82, 2.24) is 9.13 Å². The minimum atomic E-state index is 0.869. The molecule has 0 amide bonds. The van der Waals surface area contributed by atoms with Gasteiger partial charge in [0.25, 0.3) is 0 Å². The molecular formula is C50H35N3O. The van der Waals surface area contributed by atoms with Crippen molar-refractivity contribution in [2.45, 2.75) is 13.5 Å². The Morgan fingerprint density at radius 2 is 1.07 bits per heavy atom. The van der Waals surface area contributed by atoms with Gasteiger partial charge in [0, 0.05) is 73.0 Å². The Hall–Kier alpha value is -7.04. The Morgan fingerprint density at radius 1 is 0.444 bits per heavy atom. The third kappa shape index (κ3) is 4.56. The SMILES string of the molecule is CCn1c2ccccc2c2ccc(-c3ccc(N(c4ccc5c(c4)oc4ccccc45)c4cccc5c4c4ccccc4n5-c4ccccc4)cc3)cc21. The van der Waals surface area contributed by atoms with Gasteiger partial charge in [0.2, 0.25) is 0 Å². The summed E-state index contributed by atoms with van der Waals surface area (Å²) in [6, 6.07) is 65.6. The van der Waals surface area contributed by atoms with Crippen LogP contribution in [0.15, 0.2) is 186 Å². The summed E-state index contributed by atoms with van der Waals surface area (Å²) in [5.74, 6) is 0. The molecule has 0 radical (unpaired) electrons. The second-order valence-electron chi connectivity index (χ2n) is 14.0. The molecule has 0 N–H and O–H groups in total. The zero-order valence-electron chi connectivity index (χ0n) is 29.8. The molecule has 3 heterocycles.